The number of hydrogen-bond acceptors (Lipinski definition) is 2. The Labute approximate surface area is 112 Å². The van der Waals surface area contributed by atoms with Crippen molar-refractivity contribution in [2.24, 2.45) is 7.05 Å². The minimum Gasteiger partial charge on any atom is -0.508 e. The standard InChI is InChI=1S/C16H16N2O/c1-11-7-8-14-13(9-11)17-16(18(14)2)10-12-5-3-4-6-15(12)19/h3-9,19H,10H2,1-2H3. The molecule has 0 aliphatic heterocycles. The summed E-state index contributed by atoms with van der Waals surface area (Å²) in [5.74, 6) is 1.29. The number of hydrogen-bond donors (Lipinski definition) is 1. The number of phenols is 1. The number of aromatic hydroxyl groups is 1. The van der Waals surface area contributed by atoms with Crippen LogP contribution in [0.25, 0.3) is 11.0 Å². The summed E-state index contributed by atoms with van der Waals surface area (Å²) in [4.78, 5) is 4.66. The highest BCUT2D eigenvalue weighted by atomic mass is 16.3. The quantitative estimate of drug-likeness (QED) is 0.760. The lowest BCUT2D eigenvalue weighted by Crippen LogP contribution is -1.99. The lowest BCUT2D eigenvalue weighted by atomic mass is 10.1. The zero-order valence-corrected chi connectivity index (χ0v) is 11.1. The van der Waals surface area contributed by atoms with Gasteiger partial charge in [-0.15, -0.1) is 0 Å². The van der Waals surface area contributed by atoms with Gasteiger partial charge in [0.1, 0.15) is 11.6 Å². The first-order chi connectivity index (χ1) is 9.15. The third-order valence-corrected chi connectivity index (χ3v) is 3.47. The molecular formula is C16H16N2O. The van der Waals surface area contributed by atoms with Crippen LogP contribution in [0.3, 0.4) is 0 Å². The Bertz CT molecular complexity index is 744. The zero-order chi connectivity index (χ0) is 13.4. The first kappa shape index (κ1) is 11.8. The topological polar surface area (TPSA) is 38.1 Å². The maximum atomic E-state index is 9.84. The number of fused-ring (bicyclic) bond motifs is 1. The summed E-state index contributed by atoms with van der Waals surface area (Å²) in [5.41, 5.74) is 4.24. The van der Waals surface area contributed by atoms with Crippen molar-refractivity contribution in [1.82, 2.24) is 9.55 Å². The summed E-state index contributed by atoms with van der Waals surface area (Å²) in [6, 6.07) is 13.7. The van der Waals surface area contributed by atoms with Crippen LogP contribution in [0.1, 0.15) is 17.0 Å². The van der Waals surface area contributed by atoms with Gasteiger partial charge in [0, 0.05) is 19.0 Å². The van der Waals surface area contributed by atoms with Gasteiger partial charge in [0.25, 0.3) is 0 Å². The van der Waals surface area contributed by atoms with Crippen molar-refractivity contribution in [3.8, 4) is 5.75 Å². The Balaban J connectivity index is 2.06. The van der Waals surface area contributed by atoms with E-state index in [1.54, 1.807) is 6.07 Å². The van der Waals surface area contributed by atoms with E-state index >= 15 is 0 Å². The van der Waals surface area contributed by atoms with Crippen molar-refractivity contribution in [2.75, 3.05) is 0 Å². The van der Waals surface area contributed by atoms with Crippen LogP contribution in [-0.2, 0) is 13.5 Å². The molecule has 3 rings (SSSR count). The van der Waals surface area contributed by atoms with Crippen molar-refractivity contribution in [3.05, 3.63) is 59.4 Å². The largest absolute Gasteiger partial charge is 0.508 e. The molecule has 3 heteroatoms. The van der Waals surface area contributed by atoms with E-state index in [-0.39, 0.29) is 0 Å². The number of rotatable bonds is 2. The minimum atomic E-state index is 0.325. The molecule has 1 aromatic heterocycles. The summed E-state index contributed by atoms with van der Waals surface area (Å²) < 4.78 is 2.08. The normalized spacial score (nSPS) is 11.1. The molecule has 2 aromatic carbocycles. The molecule has 0 atom stereocenters. The lowest BCUT2D eigenvalue weighted by Gasteiger charge is -2.04. The fourth-order valence-corrected chi connectivity index (χ4v) is 2.35. The highest BCUT2D eigenvalue weighted by molar-refractivity contribution is 5.76. The molecule has 0 bridgehead atoms. The molecule has 1 heterocycles. The first-order valence-electron chi connectivity index (χ1n) is 6.34. The van der Waals surface area contributed by atoms with Gasteiger partial charge in [-0.3, -0.25) is 0 Å². The van der Waals surface area contributed by atoms with Crippen LogP contribution >= 0.6 is 0 Å². The van der Waals surface area contributed by atoms with E-state index in [9.17, 15) is 5.11 Å². The second-order valence-corrected chi connectivity index (χ2v) is 4.88. The molecule has 19 heavy (non-hydrogen) atoms. The third kappa shape index (κ3) is 2.08. The maximum Gasteiger partial charge on any atom is 0.119 e. The van der Waals surface area contributed by atoms with E-state index in [1.807, 2.05) is 25.2 Å². The van der Waals surface area contributed by atoms with Crippen LogP contribution in [-0.4, -0.2) is 14.7 Å². The van der Waals surface area contributed by atoms with E-state index in [0.29, 0.717) is 12.2 Å². The van der Waals surface area contributed by atoms with Gasteiger partial charge < -0.3 is 9.67 Å². The van der Waals surface area contributed by atoms with Gasteiger partial charge in [-0.25, -0.2) is 4.98 Å². The molecule has 0 aliphatic rings. The Morgan fingerprint density at radius 1 is 1.16 bits per heavy atom. The molecule has 3 aromatic rings. The van der Waals surface area contributed by atoms with E-state index in [1.165, 1.54) is 5.56 Å². The van der Waals surface area contributed by atoms with Gasteiger partial charge in [-0.1, -0.05) is 24.3 Å². The van der Waals surface area contributed by atoms with E-state index in [2.05, 4.69) is 34.7 Å². The molecule has 3 nitrogen and oxygen atoms in total. The summed E-state index contributed by atoms with van der Waals surface area (Å²) in [5, 5.41) is 9.84. The number of aromatic nitrogens is 2. The second kappa shape index (κ2) is 4.43. The Hall–Kier alpha value is -2.29. The number of nitrogens with zero attached hydrogens (tertiary/aromatic N) is 2. The van der Waals surface area contributed by atoms with Crippen molar-refractivity contribution in [1.29, 1.82) is 0 Å². The van der Waals surface area contributed by atoms with E-state index in [4.69, 9.17) is 0 Å². The fraction of sp³-hybridized carbons (Fsp3) is 0.188. The predicted molar refractivity (Wildman–Crippen MR) is 76.4 cm³/mol. The molecule has 0 fully saturated rings. The molecule has 0 aliphatic carbocycles. The Morgan fingerprint density at radius 3 is 2.74 bits per heavy atom. The third-order valence-electron chi connectivity index (χ3n) is 3.47. The SMILES string of the molecule is Cc1ccc2c(c1)nc(Cc1ccccc1O)n2C. The average Bonchev–Trinajstić information content (AvgIpc) is 2.68. The minimum absolute atomic E-state index is 0.325. The molecule has 0 saturated carbocycles. The van der Waals surface area contributed by atoms with Gasteiger partial charge in [-0.05, 0) is 30.7 Å². The molecule has 0 radical (unpaired) electrons. The predicted octanol–water partition coefficient (Wildman–Crippen LogP) is 3.18. The monoisotopic (exact) mass is 252 g/mol. The van der Waals surface area contributed by atoms with Crippen molar-refractivity contribution in [2.45, 2.75) is 13.3 Å². The van der Waals surface area contributed by atoms with Crippen LogP contribution in [0, 0.1) is 6.92 Å². The fourth-order valence-electron chi connectivity index (χ4n) is 2.35. The molecule has 1 N–H and O–H groups in total. The first-order valence-corrected chi connectivity index (χ1v) is 6.34. The molecule has 0 unspecified atom stereocenters. The zero-order valence-electron chi connectivity index (χ0n) is 11.1. The van der Waals surface area contributed by atoms with Crippen LogP contribution in [0.5, 0.6) is 5.75 Å². The molecule has 0 spiro atoms. The summed E-state index contributed by atoms with van der Waals surface area (Å²) >= 11 is 0. The molecule has 0 amide bonds. The summed E-state index contributed by atoms with van der Waals surface area (Å²) in [7, 11) is 2.01. The van der Waals surface area contributed by atoms with Crippen LogP contribution in [0.15, 0.2) is 42.5 Å². The van der Waals surface area contributed by atoms with Crippen molar-refractivity contribution in [3.63, 3.8) is 0 Å². The average molecular weight is 252 g/mol. The van der Waals surface area contributed by atoms with Gasteiger partial charge in [-0.2, -0.15) is 0 Å². The summed E-state index contributed by atoms with van der Waals surface area (Å²) in [6.07, 6.45) is 0.636. The van der Waals surface area contributed by atoms with E-state index in [0.717, 1.165) is 22.4 Å². The van der Waals surface area contributed by atoms with Gasteiger partial charge in [0.15, 0.2) is 0 Å². The Morgan fingerprint density at radius 2 is 1.95 bits per heavy atom. The van der Waals surface area contributed by atoms with Crippen LogP contribution in [0.2, 0.25) is 0 Å². The smallest absolute Gasteiger partial charge is 0.119 e. The highest BCUT2D eigenvalue weighted by Crippen LogP contribution is 2.22. The number of imidazole rings is 1. The maximum absolute atomic E-state index is 9.84. The van der Waals surface area contributed by atoms with E-state index < -0.39 is 0 Å². The number of para-hydroxylation sites is 1. The van der Waals surface area contributed by atoms with Crippen LogP contribution < -0.4 is 0 Å². The number of benzene rings is 2. The number of aryl methyl sites for hydroxylation is 2. The van der Waals surface area contributed by atoms with Crippen molar-refractivity contribution >= 4 is 11.0 Å². The summed E-state index contributed by atoms with van der Waals surface area (Å²) in [6.45, 7) is 2.07. The van der Waals surface area contributed by atoms with Crippen LogP contribution in [0.4, 0.5) is 0 Å². The molecule has 0 saturated heterocycles. The van der Waals surface area contributed by atoms with Gasteiger partial charge in [0.2, 0.25) is 0 Å². The highest BCUT2D eigenvalue weighted by Gasteiger charge is 2.10. The lowest BCUT2D eigenvalue weighted by molar-refractivity contribution is 0.469. The van der Waals surface area contributed by atoms with Gasteiger partial charge in [0.05, 0.1) is 11.0 Å². The van der Waals surface area contributed by atoms with Gasteiger partial charge >= 0.3 is 0 Å². The number of phenolic OH excluding ortho intramolecular Hbond substituents is 1. The van der Waals surface area contributed by atoms with Crippen molar-refractivity contribution < 1.29 is 5.11 Å². The molecular weight excluding hydrogens is 236 g/mol. The molecule has 96 valence electrons. The Kier molecular flexibility index (Phi) is 2.75. The second-order valence-electron chi connectivity index (χ2n) is 4.88.